The summed E-state index contributed by atoms with van der Waals surface area (Å²) in [7, 11) is 1.36. The molecule has 1 rings (SSSR count). The lowest BCUT2D eigenvalue weighted by molar-refractivity contribution is 0.0525. The van der Waals surface area contributed by atoms with E-state index in [-0.39, 0.29) is 29.0 Å². The van der Waals surface area contributed by atoms with Crippen LogP contribution in [0.1, 0.15) is 33.2 Å². The molecule has 0 fully saturated rings. The molecule has 1 aromatic rings. The summed E-state index contributed by atoms with van der Waals surface area (Å²) in [5.41, 5.74) is 0.399. The van der Waals surface area contributed by atoms with Gasteiger partial charge in [-0.25, -0.2) is 4.79 Å². The molecule has 88 valence electrons. The molecule has 1 aromatic carbocycles. The molecule has 0 aliphatic heterocycles. The molecule has 0 saturated carbocycles. The molecular formula is C12H11NO4. The molecule has 0 atom stereocenters. The van der Waals surface area contributed by atoms with Crippen LogP contribution >= 0.6 is 0 Å². The standard InChI is InChI=1S/C12H11NO4/c1-3-17-12(15)8-4-9(6-13)10(7-14)11(5-8)16-2/h4-5,7H,3H2,1-2H3. The molecule has 5 heteroatoms. The minimum atomic E-state index is -0.556. The van der Waals surface area contributed by atoms with Crippen molar-refractivity contribution in [2.24, 2.45) is 0 Å². The summed E-state index contributed by atoms with van der Waals surface area (Å²) >= 11 is 0. The third-order valence-electron chi connectivity index (χ3n) is 2.11. The Morgan fingerprint density at radius 1 is 1.53 bits per heavy atom. The van der Waals surface area contributed by atoms with Crippen LogP contribution in [0.4, 0.5) is 0 Å². The largest absolute Gasteiger partial charge is 0.496 e. The highest BCUT2D eigenvalue weighted by atomic mass is 16.5. The Labute approximate surface area is 98.6 Å². The summed E-state index contributed by atoms with van der Waals surface area (Å²) in [5, 5.41) is 8.89. The fraction of sp³-hybridized carbons (Fsp3) is 0.250. The molecule has 0 saturated heterocycles. The number of benzene rings is 1. The van der Waals surface area contributed by atoms with Crippen LogP contribution in [0.25, 0.3) is 0 Å². The normalized spacial score (nSPS) is 9.24. The van der Waals surface area contributed by atoms with E-state index in [1.807, 2.05) is 6.07 Å². The van der Waals surface area contributed by atoms with Crippen molar-refractivity contribution in [1.82, 2.24) is 0 Å². The van der Waals surface area contributed by atoms with Crippen LogP contribution in [0.15, 0.2) is 12.1 Å². The number of esters is 1. The number of nitrogens with zero attached hydrogens (tertiary/aromatic N) is 1. The van der Waals surface area contributed by atoms with Gasteiger partial charge in [0.25, 0.3) is 0 Å². The van der Waals surface area contributed by atoms with E-state index in [0.29, 0.717) is 6.29 Å². The molecule has 0 amide bonds. The fourth-order valence-corrected chi connectivity index (χ4v) is 1.34. The minimum Gasteiger partial charge on any atom is -0.496 e. The number of hydrogen-bond acceptors (Lipinski definition) is 5. The Morgan fingerprint density at radius 2 is 2.24 bits per heavy atom. The first kappa shape index (κ1) is 12.7. The number of carbonyl (C=O) groups excluding carboxylic acids is 2. The Balaban J connectivity index is 3.33. The molecule has 0 radical (unpaired) electrons. The second kappa shape index (κ2) is 5.66. The topological polar surface area (TPSA) is 76.4 Å². The zero-order valence-corrected chi connectivity index (χ0v) is 9.52. The van der Waals surface area contributed by atoms with E-state index in [4.69, 9.17) is 14.7 Å². The zero-order chi connectivity index (χ0) is 12.8. The van der Waals surface area contributed by atoms with Gasteiger partial charge in [-0.05, 0) is 19.1 Å². The van der Waals surface area contributed by atoms with Crippen molar-refractivity contribution >= 4 is 12.3 Å². The molecule has 5 nitrogen and oxygen atoms in total. The summed E-state index contributed by atoms with van der Waals surface area (Å²) in [6.07, 6.45) is 0.520. The maximum absolute atomic E-state index is 11.5. The number of methoxy groups -OCH3 is 1. The molecule has 17 heavy (non-hydrogen) atoms. The average molecular weight is 233 g/mol. The van der Waals surface area contributed by atoms with E-state index < -0.39 is 5.97 Å². The van der Waals surface area contributed by atoms with Gasteiger partial charge >= 0.3 is 5.97 Å². The maximum Gasteiger partial charge on any atom is 0.338 e. The second-order valence-electron chi connectivity index (χ2n) is 3.09. The Bertz CT molecular complexity index is 488. The van der Waals surface area contributed by atoms with Crippen LogP contribution in [-0.2, 0) is 4.74 Å². The smallest absolute Gasteiger partial charge is 0.338 e. The van der Waals surface area contributed by atoms with E-state index in [9.17, 15) is 9.59 Å². The number of hydrogen-bond donors (Lipinski definition) is 0. The lowest BCUT2D eigenvalue weighted by Gasteiger charge is -2.08. The van der Waals surface area contributed by atoms with Gasteiger partial charge in [0, 0.05) is 0 Å². The van der Waals surface area contributed by atoms with Crippen LogP contribution < -0.4 is 4.74 Å². The Hall–Kier alpha value is -2.35. The monoisotopic (exact) mass is 233 g/mol. The minimum absolute atomic E-state index is 0.0856. The van der Waals surface area contributed by atoms with Crippen molar-refractivity contribution < 1.29 is 19.1 Å². The summed E-state index contributed by atoms with van der Waals surface area (Å²) in [5.74, 6) is -0.373. The van der Waals surface area contributed by atoms with Gasteiger partial charge in [0.1, 0.15) is 11.8 Å². The van der Waals surface area contributed by atoms with Gasteiger partial charge in [-0.2, -0.15) is 5.26 Å². The first-order chi connectivity index (χ1) is 8.17. The summed E-state index contributed by atoms with van der Waals surface area (Å²) in [4.78, 5) is 22.3. The molecular weight excluding hydrogens is 222 g/mol. The van der Waals surface area contributed by atoms with E-state index in [1.54, 1.807) is 6.92 Å². The molecule has 0 spiro atoms. The van der Waals surface area contributed by atoms with Gasteiger partial charge < -0.3 is 9.47 Å². The maximum atomic E-state index is 11.5. The molecule has 0 aliphatic rings. The van der Waals surface area contributed by atoms with Crippen molar-refractivity contribution in [3.63, 3.8) is 0 Å². The summed E-state index contributed by atoms with van der Waals surface area (Å²) < 4.78 is 9.77. The number of aldehydes is 1. The van der Waals surface area contributed by atoms with Crippen molar-refractivity contribution in [2.45, 2.75) is 6.92 Å². The first-order valence-electron chi connectivity index (χ1n) is 4.92. The molecule has 0 N–H and O–H groups in total. The molecule has 0 heterocycles. The van der Waals surface area contributed by atoms with Gasteiger partial charge in [0.05, 0.1) is 30.4 Å². The SMILES string of the molecule is CCOC(=O)c1cc(C#N)c(C=O)c(OC)c1. The van der Waals surface area contributed by atoms with Gasteiger partial charge in [0.15, 0.2) is 6.29 Å². The highest BCUT2D eigenvalue weighted by Crippen LogP contribution is 2.23. The third-order valence-corrected chi connectivity index (χ3v) is 2.11. The van der Waals surface area contributed by atoms with Crippen LogP contribution in [0.5, 0.6) is 5.75 Å². The quantitative estimate of drug-likeness (QED) is 0.582. The number of ether oxygens (including phenoxy) is 2. The average Bonchev–Trinajstić information content (AvgIpc) is 2.37. The number of nitriles is 1. The first-order valence-corrected chi connectivity index (χ1v) is 4.92. The van der Waals surface area contributed by atoms with Gasteiger partial charge in [-0.15, -0.1) is 0 Å². The predicted octanol–water partition coefficient (Wildman–Crippen LogP) is 1.56. The van der Waals surface area contributed by atoms with Crippen molar-refractivity contribution in [1.29, 1.82) is 5.26 Å². The highest BCUT2D eigenvalue weighted by molar-refractivity contribution is 5.93. The molecule has 0 bridgehead atoms. The van der Waals surface area contributed by atoms with Crippen LogP contribution in [-0.4, -0.2) is 26.0 Å². The van der Waals surface area contributed by atoms with E-state index >= 15 is 0 Å². The van der Waals surface area contributed by atoms with Gasteiger partial charge in [-0.1, -0.05) is 0 Å². The second-order valence-corrected chi connectivity index (χ2v) is 3.09. The number of carbonyl (C=O) groups is 2. The van der Waals surface area contributed by atoms with Crippen molar-refractivity contribution in [3.8, 4) is 11.8 Å². The fourth-order valence-electron chi connectivity index (χ4n) is 1.34. The number of rotatable bonds is 4. The van der Waals surface area contributed by atoms with Gasteiger partial charge in [0.2, 0.25) is 0 Å². The van der Waals surface area contributed by atoms with Crippen molar-refractivity contribution in [3.05, 3.63) is 28.8 Å². The van der Waals surface area contributed by atoms with E-state index in [1.165, 1.54) is 19.2 Å². The molecule has 0 aliphatic carbocycles. The predicted molar refractivity (Wildman–Crippen MR) is 59.1 cm³/mol. The third kappa shape index (κ3) is 2.61. The zero-order valence-electron chi connectivity index (χ0n) is 9.52. The lowest BCUT2D eigenvalue weighted by atomic mass is 10.0. The summed E-state index contributed by atoms with van der Waals surface area (Å²) in [6, 6.07) is 4.53. The summed E-state index contributed by atoms with van der Waals surface area (Å²) in [6.45, 7) is 1.92. The molecule has 0 unspecified atom stereocenters. The van der Waals surface area contributed by atoms with Gasteiger partial charge in [-0.3, -0.25) is 4.79 Å². The molecule has 0 aromatic heterocycles. The van der Waals surface area contributed by atoms with Crippen LogP contribution in [0.2, 0.25) is 0 Å². The van der Waals surface area contributed by atoms with Crippen LogP contribution in [0, 0.1) is 11.3 Å². The van der Waals surface area contributed by atoms with Crippen molar-refractivity contribution in [2.75, 3.05) is 13.7 Å². The highest BCUT2D eigenvalue weighted by Gasteiger charge is 2.15. The van der Waals surface area contributed by atoms with E-state index in [2.05, 4.69) is 0 Å². The van der Waals surface area contributed by atoms with Crippen LogP contribution in [0.3, 0.4) is 0 Å². The Morgan fingerprint density at radius 3 is 2.71 bits per heavy atom. The van der Waals surface area contributed by atoms with E-state index in [0.717, 1.165) is 0 Å². The lowest BCUT2D eigenvalue weighted by Crippen LogP contribution is -2.07. The Kier molecular flexibility index (Phi) is 4.23.